The fraction of sp³-hybridized carbons (Fsp3) is 0.733. The van der Waals surface area contributed by atoms with E-state index in [1.54, 1.807) is 6.26 Å². The Bertz CT molecular complexity index is 399. The Labute approximate surface area is 109 Å². The van der Waals surface area contributed by atoms with Crippen LogP contribution in [0.5, 0.6) is 0 Å². The lowest BCUT2D eigenvalue weighted by Gasteiger charge is -2.55. The molecule has 1 N–H and O–H groups in total. The first-order valence-corrected chi connectivity index (χ1v) is 6.99. The zero-order valence-electron chi connectivity index (χ0n) is 11.5. The molecule has 0 amide bonds. The van der Waals surface area contributed by atoms with Crippen LogP contribution in [0, 0.1) is 11.3 Å². The van der Waals surface area contributed by atoms with Crippen molar-refractivity contribution in [2.75, 3.05) is 6.61 Å². The molecule has 1 aliphatic heterocycles. The van der Waals surface area contributed by atoms with E-state index in [4.69, 9.17) is 9.15 Å². The first kappa shape index (κ1) is 12.2. The Morgan fingerprint density at radius 1 is 1.50 bits per heavy atom. The molecular formula is C15H23NO2. The molecule has 4 unspecified atom stereocenters. The molecule has 2 fully saturated rings. The van der Waals surface area contributed by atoms with Crippen molar-refractivity contribution < 1.29 is 9.15 Å². The largest absolute Gasteiger partial charge is 0.469 e. The van der Waals surface area contributed by atoms with E-state index >= 15 is 0 Å². The van der Waals surface area contributed by atoms with Crippen molar-refractivity contribution in [3.63, 3.8) is 0 Å². The lowest BCUT2D eigenvalue weighted by Crippen LogP contribution is -2.67. The third-order valence-corrected chi connectivity index (χ3v) is 4.65. The summed E-state index contributed by atoms with van der Waals surface area (Å²) in [4.78, 5) is 0. The van der Waals surface area contributed by atoms with E-state index in [0.29, 0.717) is 24.1 Å². The fourth-order valence-electron chi connectivity index (χ4n) is 3.76. The zero-order valence-corrected chi connectivity index (χ0v) is 11.5. The third-order valence-electron chi connectivity index (χ3n) is 4.65. The minimum absolute atomic E-state index is 0.262. The average molecular weight is 249 g/mol. The van der Waals surface area contributed by atoms with Gasteiger partial charge in [0.1, 0.15) is 5.76 Å². The van der Waals surface area contributed by atoms with Gasteiger partial charge >= 0.3 is 0 Å². The van der Waals surface area contributed by atoms with Gasteiger partial charge < -0.3 is 14.5 Å². The quantitative estimate of drug-likeness (QED) is 0.890. The Hall–Kier alpha value is -0.800. The minimum Gasteiger partial charge on any atom is -0.469 e. The van der Waals surface area contributed by atoms with Crippen molar-refractivity contribution in [2.45, 2.75) is 51.8 Å². The standard InChI is InChI=1S/C15H23NO2/c1-10(9-11-5-4-7-17-11)16-13-12-6-8-18-14(12)15(13,2)3/h4-5,7,10,12-14,16H,6,8-9H2,1-3H3. The Morgan fingerprint density at radius 2 is 2.33 bits per heavy atom. The molecule has 1 aromatic rings. The lowest BCUT2D eigenvalue weighted by atomic mass is 9.57. The maximum absolute atomic E-state index is 5.83. The molecule has 100 valence electrons. The van der Waals surface area contributed by atoms with Crippen molar-refractivity contribution in [2.24, 2.45) is 11.3 Å². The van der Waals surface area contributed by atoms with Crippen LogP contribution in [0.2, 0.25) is 0 Å². The van der Waals surface area contributed by atoms with Gasteiger partial charge in [-0.3, -0.25) is 0 Å². The lowest BCUT2D eigenvalue weighted by molar-refractivity contribution is -0.115. The molecule has 1 aromatic heterocycles. The van der Waals surface area contributed by atoms with Gasteiger partial charge in [0.2, 0.25) is 0 Å². The van der Waals surface area contributed by atoms with Crippen LogP contribution < -0.4 is 5.32 Å². The van der Waals surface area contributed by atoms with Crippen LogP contribution in [0.3, 0.4) is 0 Å². The summed E-state index contributed by atoms with van der Waals surface area (Å²) in [6.45, 7) is 7.80. The van der Waals surface area contributed by atoms with Crippen LogP contribution in [-0.4, -0.2) is 24.8 Å². The summed E-state index contributed by atoms with van der Waals surface area (Å²) in [5, 5.41) is 3.78. The molecule has 3 rings (SSSR count). The van der Waals surface area contributed by atoms with Gasteiger partial charge in [0.05, 0.1) is 12.4 Å². The van der Waals surface area contributed by atoms with Crippen LogP contribution >= 0.6 is 0 Å². The third kappa shape index (κ3) is 1.90. The summed E-state index contributed by atoms with van der Waals surface area (Å²) in [5.74, 6) is 1.77. The van der Waals surface area contributed by atoms with Gasteiger partial charge in [-0.2, -0.15) is 0 Å². The van der Waals surface area contributed by atoms with E-state index in [0.717, 1.165) is 18.8 Å². The fourth-order valence-corrected chi connectivity index (χ4v) is 3.76. The number of furan rings is 1. The van der Waals surface area contributed by atoms with Crippen molar-refractivity contribution >= 4 is 0 Å². The number of fused-ring (bicyclic) bond motifs is 1. The molecule has 0 radical (unpaired) electrons. The van der Waals surface area contributed by atoms with Gasteiger partial charge in [-0.15, -0.1) is 0 Å². The second-order valence-electron chi connectivity index (χ2n) is 6.39. The van der Waals surface area contributed by atoms with Crippen molar-refractivity contribution in [3.05, 3.63) is 24.2 Å². The summed E-state index contributed by atoms with van der Waals surface area (Å²) in [5.41, 5.74) is 0.262. The summed E-state index contributed by atoms with van der Waals surface area (Å²) in [7, 11) is 0. The molecule has 3 nitrogen and oxygen atoms in total. The van der Waals surface area contributed by atoms with Crippen LogP contribution in [0.1, 0.15) is 33.0 Å². The van der Waals surface area contributed by atoms with Gasteiger partial charge in [-0.1, -0.05) is 13.8 Å². The smallest absolute Gasteiger partial charge is 0.105 e. The highest BCUT2D eigenvalue weighted by molar-refractivity contribution is 5.12. The second-order valence-corrected chi connectivity index (χ2v) is 6.39. The summed E-state index contributed by atoms with van der Waals surface area (Å²) < 4.78 is 11.2. The molecule has 0 spiro atoms. The Balaban J connectivity index is 1.59. The average Bonchev–Trinajstić information content (AvgIpc) is 2.95. The zero-order chi connectivity index (χ0) is 12.8. The molecule has 1 saturated heterocycles. The molecule has 4 atom stereocenters. The van der Waals surface area contributed by atoms with Crippen molar-refractivity contribution in [1.29, 1.82) is 0 Å². The molecular weight excluding hydrogens is 226 g/mol. The topological polar surface area (TPSA) is 34.4 Å². The molecule has 2 aliphatic rings. The van der Waals surface area contributed by atoms with Gasteiger partial charge in [-0.25, -0.2) is 0 Å². The maximum atomic E-state index is 5.83. The molecule has 1 saturated carbocycles. The minimum atomic E-state index is 0.262. The number of nitrogens with one attached hydrogen (secondary N) is 1. The van der Waals surface area contributed by atoms with Crippen molar-refractivity contribution in [1.82, 2.24) is 5.32 Å². The summed E-state index contributed by atoms with van der Waals surface area (Å²) in [6, 6.07) is 5.03. The SMILES string of the molecule is CC(Cc1ccco1)NC1C2CCOC2C1(C)C. The molecule has 1 aliphatic carbocycles. The number of hydrogen-bond donors (Lipinski definition) is 1. The van der Waals surface area contributed by atoms with E-state index in [1.807, 2.05) is 12.1 Å². The summed E-state index contributed by atoms with van der Waals surface area (Å²) >= 11 is 0. The monoisotopic (exact) mass is 249 g/mol. The Kier molecular flexibility index (Phi) is 2.99. The van der Waals surface area contributed by atoms with Gasteiger partial charge in [0.15, 0.2) is 0 Å². The molecule has 2 heterocycles. The number of rotatable bonds is 4. The van der Waals surface area contributed by atoms with E-state index < -0.39 is 0 Å². The van der Waals surface area contributed by atoms with Crippen LogP contribution in [0.15, 0.2) is 22.8 Å². The number of ether oxygens (including phenoxy) is 1. The summed E-state index contributed by atoms with van der Waals surface area (Å²) in [6.07, 6.45) is 4.37. The van der Waals surface area contributed by atoms with E-state index in [-0.39, 0.29) is 5.41 Å². The van der Waals surface area contributed by atoms with E-state index in [1.165, 1.54) is 6.42 Å². The molecule has 0 bridgehead atoms. The van der Waals surface area contributed by atoms with Gasteiger partial charge in [0, 0.05) is 36.4 Å². The molecule has 3 heteroatoms. The van der Waals surface area contributed by atoms with E-state index in [9.17, 15) is 0 Å². The van der Waals surface area contributed by atoms with Crippen molar-refractivity contribution in [3.8, 4) is 0 Å². The second kappa shape index (κ2) is 4.39. The molecule has 0 aromatic carbocycles. The first-order chi connectivity index (χ1) is 8.59. The van der Waals surface area contributed by atoms with E-state index in [2.05, 4.69) is 26.1 Å². The highest BCUT2D eigenvalue weighted by Gasteiger charge is 2.59. The Morgan fingerprint density at radius 3 is 3.06 bits per heavy atom. The maximum Gasteiger partial charge on any atom is 0.105 e. The van der Waals surface area contributed by atoms with Crippen LogP contribution in [0.25, 0.3) is 0 Å². The highest BCUT2D eigenvalue weighted by atomic mass is 16.5. The normalized spacial score (nSPS) is 34.9. The van der Waals surface area contributed by atoms with Gasteiger partial charge in [-0.05, 0) is 25.5 Å². The first-order valence-electron chi connectivity index (χ1n) is 6.99. The molecule has 18 heavy (non-hydrogen) atoms. The van der Waals surface area contributed by atoms with Crippen LogP contribution in [-0.2, 0) is 11.2 Å². The predicted molar refractivity (Wildman–Crippen MR) is 70.4 cm³/mol. The highest BCUT2D eigenvalue weighted by Crippen LogP contribution is 2.52. The number of hydrogen-bond acceptors (Lipinski definition) is 3. The van der Waals surface area contributed by atoms with Gasteiger partial charge in [0.25, 0.3) is 0 Å². The predicted octanol–water partition coefficient (Wildman–Crippen LogP) is 2.61. The van der Waals surface area contributed by atoms with Crippen LogP contribution in [0.4, 0.5) is 0 Å².